The first kappa shape index (κ1) is 11.0. The SMILES string of the molecule is CCC(=O)N1CCCCC1C(=O)OC. The Balaban J connectivity index is 2.68. The first-order valence-corrected chi connectivity index (χ1v) is 5.08. The van der Waals surface area contributed by atoms with E-state index in [0.717, 1.165) is 19.3 Å². The number of likely N-dealkylation sites (tertiary alicyclic amines) is 1. The third-order valence-electron chi connectivity index (χ3n) is 2.60. The number of nitrogens with zero attached hydrogens (tertiary/aromatic N) is 1. The molecule has 1 heterocycles. The summed E-state index contributed by atoms with van der Waals surface area (Å²) in [7, 11) is 1.37. The minimum Gasteiger partial charge on any atom is -0.467 e. The Morgan fingerprint density at radius 2 is 2.14 bits per heavy atom. The van der Waals surface area contributed by atoms with Crippen LogP contribution in [0.3, 0.4) is 0 Å². The molecular formula is C10H17NO3. The first-order chi connectivity index (χ1) is 6.70. The number of ether oxygens (including phenoxy) is 1. The Hall–Kier alpha value is -1.06. The van der Waals surface area contributed by atoms with Gasteiger partial charge in [0.05, 0.1) is 7.11 Å². The zero-order chi connectivity index (χ0) is 10.6. The van der Waals surface area contributed by atoms with Gasteiger partial charge in [0.1, 0.15) is 6.04 Å². The van der Waals surface area contributed by atoms with Crippen LogP contribution in [0.15, 0.2) is 0 Å². The second-order valence-electron chi connectivity index (χ2n) is 3.48. The molecule has 1 rings (SSSR count). The van der Waals surface area contributed by atoms with Gasteiger partial charge in [0.2, 0.25) is 5.91 Å². The maximum Gasteiger partial charge on any atom is 0.328 e. The van der Waals surface area contributed by atoms with Crippen LogP contribution < -0.4 is 0 Å². The highest BCUT2D eigenvalue weighted by Crippen LogP contribution is 2.18. The lowest BCUT2D eigenvalue weighted by Gasteiger charge is -2.33. The van der Waals surface area contributed by atoms with Crippen molar-refractivity contribution in [1.29, 1.82) is 0 Å². The van der Waals surface area contributed by atoms with Gasteiger partial charge >= 0.3 is 5.97 Å². The van der Waals surface area contributed by atoms with E-state index in [1.54, 1.807) is 4.90 Å². The van der Waals surface area contributed by atoms with Gasteiger partial charge in [0.15, 0.2) is 0 Å². The van der Waals surface area contributed by atoms with Crippen LogP contribution in [0.25, 0.3) is 0 Å². The van der Waals surface area contributed by atoms with E-state index in [9.17, 15) is 9.59 Å². The summed E-state index contributed by atoms with van der Waals surface area (Å²) >= 11 is 0. The molecule has 0 spiro atoms. The third kappa shape index (κ3) is 2.25. The van der Waals surface area contributed by atoms with Gasteiger partial charge in [-0.2, -0.15) is 0 Å². The molecule has 0 radical (unpaired) electrons. The second kappa shape index (κ2) is 4.98. The van der Waals surface area contributed by atoms with E-state index in [-0.39, 0.29) is 17.9 Å². The molecule has 1 saturated heterocycles. The van der Waals surface area contributed by atoms with Gasteiger partial charge in [-0.25, -0.2) is 4.79 Å². The van der Waals surface area contributed by atoms with Crippen LogP contribution in [0, 0.1) is 0 Å². The van der Waals surface area contributed by atoms with Crippen molar-refractivity contribution in [2.24, 2.45) is 0 Å². The van der Waals surface area contributed by atoms with Crippen LogP contribution in [0.2, 0.25) is 0 Å². The monoisotopic (exact) mass is 199 g/mol. The molecule has 4 nitrogen and oxygen atoms in total. The molecule has 0 aromatic carbocycles. The summed E-state index contributed by atoms with van der Waals surface area (Å²) in [5.41, 5.74) is 0. The number of hydrogen-bond donors (Lipinski definition) is 0. The Labute approximate surface area is 84.2 Å². The molecular weight excluding hydrogens is 182 g/mol. The van der Waals surface area contributed by atoms with Crippen molar-refractivity contribution < 1.29 is 14.3 Å². The van der Waals surface area contributed by atoms with Crippen LogP contribution >= 0.6 is 0 Å². The summed E-state index contributed by atoms with van der Waals surface area (Å²) in [6.45, 7) is 2.50. The molecule has 0 aromatic heterocycles. The Morgan fingerprint density at radius 3 is 2.71 bits per heavy atom. The van der Waals surface area contributed by atoms with E-state index >= 15 is 0 Å². The number of esters is 1. The predicted molar refractivity (Wildman–Crippen MR) is 51.7 cm³/mol. The fraction of sp³-hybridized carbons (Fsp3) is 0.800. The van der Waals surface area contributed by atoms with Crippen LogP contribution in [0.1, 0.15) is 32.6 Å². The van der Waals surface area contributed by atoms with E-state index < -0.39 is 0 Å². The molecule has 0 bridgehead atoms. The number of carbonyl (C=O) groups excluding carboxylic acids is 2. The van der Waals surface area contributed by atoms with E-state index in [2.05, 4.69) is 4.74 Å². The van der Waals surface area contributed by atoms with Gasteiger partial charge < -0.3 is 9.64 Å². The van der Waals surface area contributed by atoms with Crippen LogP contribution in [-0.2, 0) is 14.3 Å². The van der Waals surface area contributed by atoms with Gasteiger partial charge in [-0.3, -0.25) is 4.79 Å². The minimum atomic E-state index is -0.346. The maximum atomic E-state index is 11.5. The standard InChI is InChI=1S/C10H17NO3/c1-3-9(12)11-7-5-4-6-8(11)10(13)14-2/h8H,3-7H2,1-2H3. The topological polar surface area (TPSA) is 46.6 Å². The number of carbonyl (C=O) groups is 2. The maximum absolute atomic E-state index is 11.5. The zero-order valence-electron chi connectivity index (χ0n) is 8.78. The Bertz CT molecular complexity index is 203. The van der Waals surface area contributed by atoms with Crippen molar-refractivity contribution in [3.63, 3.8) is 0 Å². The zero-order valence-corrected chi connectivity index (χ0v) is 8.78. The van der Waals surface area contributed by atoms with Gasteiger partial charge in [0, 0.05) is 13.0 Å². The largest absolute Gasteiger partial charge is 0.467 e. The molecule has 0 aromatic rings. The minimum absolute atomic E-state index is 0.0418. The molecule has 1 fully saturated rings. The molecule has 4 heteroatoms. The summed E-state index contributed by atoms with van der Waals surface area (Å²) in [5, 5.41) is 0. The molecule has 1 aliphatic heterocycles. The summed E-state index contributed by atoms with van der Waals surface area (Å²) in [5.74, 6) is -0.244. The lowest BCUT2D eigenvalue weighted by atomic mass is 10.0. The van der Waals surface area contributed by atoms with Gasteiger partial charge in [-0.1, -0.05) is 6.92 Å². The molecule has 1 amide bonds. The first-order valence-electron chi connectivity index (χ1n) is 5.08. The van der Waals surface area contributed by atoms with Crippen molar-refractivity contribution in [1.82, 2.24) is 4.90 Å². The highest BCUT2D eigenvalue weighted by atomic mass is 16.5. The number of methoxy groups -OCH3 is 1. The molecule has 14 heavy (non-hydrogen) atoms. The fourth-order valence-electron chi connectivity index (χ4n) is 1.81. The van der Waals surface area contributed by atoms with E-state index in [1.807, 2.05) is 6.92 Å². The van der Waals surface area contributed by atoms with Crippen molar-refractivity contribution in [3.05, 3.63) is 0 Å². The lowest BCUT2D eigenvalue weighted by molar-refractivity contribution is -0.154. The predicted octanol–water partition coefficient (Wildman–Crippen LogP) is 0.950. The molecule has 0 saturated carbocycles. The summed E-state index contributed by atoms with van der Waals surface area (Å²) in [6.07, 6.45) is 3.17. The van der Waals surface area contributed by atoms with Crippen LogP contribution in [0.4, 0.5) is 0 Å². The summed E-state index contributed by atoms with van der Waals surface area (Å²) in [6, 6.07) is -0.346. The highest BCUT2D eigenvalue weighted by molar-refractivity contribution is 5.84. The van der Waals surface area contributed by atoms with Crippen molar-refractivity contribution in [3.8, 4) is 0 Å². The summed E-state index contributed by atoms with van der Waals surface area (Å²) < 4.78 is 4.68. The van der Waals surface area contributed by atoms with Crippen molar-refractivity contribution in [2.75, 3.05) is 13.7 Å². The quantitative estimate of drug-likeness (QED) is 0.622. The third-order valence-corrected chi connectivity index (χ3v) is 2.60. The second-order valence-corrected chi connectivity index (χ2v) is 3.48. The van der Waals surface area contributed by atoms with Gasteiger partial charge in [-0.15, -0.1) is 0 Å². The smallest absolute Gasteiger partial charge is 0.328 e. The average molecular weight is 199 g/mol. The van der Waals surface area contributed by atoms with Crippen LogP contribution in [-0.4, -0.2) is 36.5 Å². The van der Waals surface area contributed by atoms with E-state index in [1.165, 1.54) is 7.11 Å². The fourth-order valence-corrected chi connectivity index (χ4v) is 1.81. The van der Waals surface area contributed by atoms with E-state index in [4.69, 9.17) is 0 Å². The number of amides is 1. The highest BCUT2D eigenvalue weighted by Gasteiger charge is 2.31. The molecule has 1 aliphatic rings. The van der Waals surface area contributed by atoms with E-state index in [0.29, 0.717) is 13.0 Å². The normalized spacial score (nSPS) is 21.9. The molecule has 80 valence electrons. The lowest BCUT2D eigenvalue weighted by Crippen LogP contribution is -2.48. The molecule has 0 N–H and O–H groups in total. The Kier molecular flexibility index (Phi) is 3.92. The molecule has 1 atom stereocenters. The number of rotatable bonds is 2. The van der Waals surface area contributed by atoms with Crippen LogP contribution in [0.5, 0.6) is 0 Å². The summed E-state index contributed by atoms with van der Waals surface area (Å²) in [4.78, 5) is 24.5. The van der Waals surface area contributed by atoms with Crippen molar-refractivity contribution >= 4 is 11.9 Å². The van der Waals surface area contributed by atoms with Crippen molar-refractivity contribution in [2.45, 2.75) is 38.6 Å². The van der Waals surface area contributed by atoms with Gasteiger partial charge in [0.25, 0.3) is 0 Å². The number of hydrogen-bond acceptors (Lipinski definition) is 3. The Morgan fingerprint density at radius 1 is 1.43 bits per heavy atom. The molecule has 1 unspecified atom stereocenters. The molecule has 0 aliphatic carbocycles. The van der Waals surface area contributed by atoms with Gasteiger partial charge in [-0.05, 0) is 19.3 Å². The average Bonchev–Trinajstić information content (AvgIpc) is 2.27. The number of piperidine rings is 1.